The number of hydrogen-bond acceptors (Lipinski definition) is 6. The molecular formula is C11H6BrN3O2S. The Labute approximate surface area is 114 Å². The summed E-state index contributed by atoms with van der Waals surface area (Å²) in [6, 6.07) is 5.02. The van der Waals surface area contributed by atoms with Crippen LogP contribution in [0.5, 0.6) is 5.75 Å². The van der Waals surface area contributed by atoms with Crippen molar-refractivity contribution in [2.45, 2.75) is 0 Å². The summed E-state index contributed by atoms with van der Waals surface area (Å²) < 4.78 is 5.97. The Balaban J connectivity index is 2.05. The van der Waals surface area contributed by atoms with Crippen molar-refractivity contribution >= 4 is 27.3 Å². The third kappa shape index (κ3) is 2.02. The molecule has 3 aromatic rings. The van der Waals surface area contributed by atoms with Gasteiger partial charge >= 0.3 is 0 Å². The van der Waals surface area contributed by atoms with E-state index in [0.717, 1.165) is 9.35 Å². The normalized spacial score (nSPS) is 10.7. The lowest BCUT2D eigenvalue weighted by molar-refractivity contribution is 0.426. The van der Waals surface area contributed by atoms with Crippen LogP contribution in [0.15, 0.2) is 38.9 Å². The molecule has 0 spiro atoms. The molecule has 0 aliphatic carbocycles. The number of phenolic OH excluding ortho intramolecular Hbond substituents is 1. The monoisotopic (exact) mass is 323 g/mol. The molecule has 3 rings (SSSR count). The highest BCUT2D eigenvalue weighted by atomic mass is 79.9. The molecule has 18 heavy (non-hydrogen) atoms. The van der Waals surface area contributed by atoms with Crippen molar-refractivity contribution in [3.8, 4) is 27.9 Å². The molecule has 0 saturated heterocycles. The SMILES string of the molecule is Oc1ccc(Br)cc1-c1nc(-c2cncs2)no1. The predicted octanol–water partition coefficient (Wildman–Crippen LogP) is 3.33. The van der Waals surface area contributed by atoms with Crippen molar-refractivity contribution in [3.63, 3.8) is 0 Å². The van der Waals surface area contributed by atoms with Crippen LogP contribution in [0.3, 0.4) is 0 Å². The van der Waals surface area contributed by atoms with E-state index in [-0.39, 0.29) is 11.6 Å². The van der Waals surface area contributed by atoms with Crippen LogP contribution in [0, 0.1) is 0 Å². The number of rotatable bonds is 2. The van der Waals surface area contributed by atoms with Crippen LogP contribution in [0.25, 0.3) is 22.2 Å². The van der Waals surface area contributed by atoms with Crippen LogP contribution in [0.4, 0.5) is 0 Å². The summed E-state index contributed by atoms with van der Waals surface area (Å²) in [5, 5.41) is 13.6. The summed E-state index contributed by atoms with van der Waals surface area (Å²) in [5.74, 6) is 0.835. The molecule has 0 saturated carbocycles. The first kappa shape index (κ1) is 11.4. The molecule has 0 aliphatic heterocycles. The van der Waals surface area contributed by atoms with Crippen molar-refractivity contribution in [2.24, 2.45) is 0 Å². The van der Waals surface area contributed by atoms with Crippen molar-refractivity contribution in [1.82, 2.24) is 15.1 Å². The van der Waals surface area contributed by atoms with E-state index >= 15 is 0 Å². The Hall–Kier alpha value is -1.73. The van der Waals surface area contributed by atoms with E-state index in [1.165, 1.54) is 11.3 Å². The summed E-state index contributed by atoms with van der Waals surface area (Å²) in [7, 11) is 0. The quantitative estimate of drug-likeness (QED) is 0.783. The molecule has 0 amide bonds. The third-order valence-corrected chi connectivity index (χ3v) is 3.53. The van der Waals surface area contributed by atoms with E-state index in [9.17, 15) is 5.11 Å². The highest BCUT2D eigenvalue weighted by molar-refractivity contribution is 9.10. The van der Waals surface area contributed by atoms with Crippen LogP contribution >= 0.6 is 27.3 Å². The van der Waals surface area contributed by atoms with Gasteiger partial charge in [0.2, 0.25) is 5.82 Å². The van der Waals surface area contributed by atoms with E-state index in [0.29, 0.717) is 11.4 Å². The van der Waals surface area contributed by atoms with E-state index in [1.807, 2.05) is 0 Å². The molecule has 0 atom stereocenters. The number of aromatic hydroxyl groups is 1. The molecule has 2 aromatic heterocycles. The standard InChI is InChI=1S/C11H6BrN3O2S/c12-6-1-2-8(16)7(3-6)11-14-10(15-17-11)9-4-13-5-18-9/h1-5,16H. The summed E-state index contributed by atoms with van der Waals surface area (Å²) in [4.78, 5) is 9.01. The van der Waals surface area contributed by atoms with Gasteiger partial charge in [-0.2, -0.15) is 4.98 Å². The van der Waals surface area contributed by atoms with E-state index in [4.69, 9.17) is 4.52 Å². The van der Waals surface area contributed by atoms with Gasteiger partial charge in [0, 0.05) is 10.7 Å². The Morgan fingerprint density at radius 2 is 2.22 bits per heavy atom. The lowest BCUT2D eigenvalue weighted by Crippen LogP contribution is -1.80. The fourth-order valence-corrected chi connectivity index (χ4v) is 2.35. The molecular weight excluding hydrogens is 318 g/mol. The smallest absolute Gasteiger partial charge is 0.262 e. The minimum absolute atomic E-state index is 0.0951. The first-order chi connectivity index (χ1) is 8.74. The Kier molecular flexibility index (Phi) is 2.85. The maximum atomic E-state index is 9.77. The zero-order chi connectivity index (χ0) is 12.5. The van der Waals surface area contributed by atoms with Gasteiger partial charge in [0.15, 0.2) is 0 Å². The molecule has 5 nitrogen and oxygen atoms in total. The number of phenols is 1. The van der Waals surface area contributed by atoms with E-state index < -0.39 is 0 Å². The number of aromatic nitrogens is 3. The van der Waals surface area contributed by atoms with Gasteiger partial charge in [0.1, 0.15) is 5.75 Å². The fourth-order valence-electron chi connectivity index (χ4n) is 1.44. The molecule has 0 fully saturated rings. The van der Waals surface area contributed by atoms with Gasteiger partial charge in [-0.1, -0.05) is 21.1 Å². The van der Waals surface area contributed by atoms with Gasteiger partial charge in [-0.3, -0.25) is 4.98 Å². The topological polar surface area (TPSA) is 72.0 Å². The first-order valence-corrected chi connectivity index (χ1v) is 6.63. The molecule has 2 heterocycles. The molecule has 0 unspecified atom stereocenters. The van der Waals surface area contributed by atoms with Crippen molar-refractivity contribution in [3.05, 3.63) is 34.4 Å². The lowest BCUT2D eigenvalue weighted by Gasteiger charge is -1.98. The van der Waals surface area contributed by atoms with Gasteiger partial charge in [-0.05, 0) is 18.2 Å². The Morgan fingerprint density at radius 1 is 1.33 bits per heavy atom. The first-order valence-electron chi connectivity index (χ1n) is 4.95. The van der Waals surface area contributed by atoms with E-state index in [1.54, 1.807) is 29.9 Å². The van der Waals surface area contributed by atoms with Crippen molar-refractivity contribution < 1.29 is 9.63 Å². The van der Waals surface area contributed by atoms with Gasteiger partial charge in [0.05, 0.1) is 16.0 Å². The average molecular weight is 324 g/mol. The van der Waals surface area contributed by atoms with Gasteiger partial charge < -0.3 is 9.63 Å². The average Bonchev–Trinajstić information content (AvgIpc) is 3.00. The highest BCUT2D eigenvalue weighted by Gasteiger charge is 2.15. The highest BCUT2D eigenvalue weighted by Crippen LogP contribution is 2.32. The Morgan fingerprint density at radius 3 is 3.00 bits per heavy atom. The number of benzene rings is 1. The van der Waals surface area contributed by atoms with Crippen LogP contribution in [0.1, 0.15) is 0 Å². The van der Waals surface area contributed by atoms with Crippen molar-refractivity contribution in [2.75, 3.05) is 0 Å². The second-order valence-electron chi connectivity index (χ2n) is 3.45. The fraction of sp³-hybridized carbons (Fsp3) is 0. The van der Waals surface area contributed by atoms with Crippen molar-refractivity contribution in [1.29, 1.82) is 0 Å². The lowest BCUT2D eigenvalue weighted by atomic mass is 10.2. The Bertz CT molecular complexity index is 681. The van der Waals surface area contributed by atoms with Crippen LogP contribution in [0.2, 0.25) is 0 Å². The number of halogens is 1. The van der Waals surface area contributed by atoms with Gasteiger partial charge in [0.25, 0.3) is 5.89 Å². The molecule has 1 aromatic carbocycles. The van der Waals surface area contributed by atoms with Crippen LogP contribution < -0.4 is 0 Å². The number of nitrogens with zero attached hydrogens (tertiary/aromatic N) is 3. The zero-order valence-electron chi connectivity index (χ0n) is 8.87. The maximum Gasteiger partial charge on any atom is 0.262 e. The van der Waals surface area contributed by atoms with Gasteiger partial charge in [-0.15, -0.1) is 11.3 Å². The number of thiazole rings is 1. The second kappa shape index (κ2) is 4.51. The minimum atomic E-state index is 0.0951. The molecule has 90 valence electrons. The molecule has 0 radical (unpaired) electrons. The summed E-state index contributed by atoms with van der Waals surface area (Å²) in [6.07, 6.45) is 1.67. The molecule has 0 aliphatic rings. The minimum Gasteiger partial charge on any atom is -0.507 e. The zero-order valence-corrected chi connectivity index (χ0v) is 11.3. The largest absolute Gasteiger partial charge is 0.507 e. The molecule has 1 N–H and O–H groups in total. The maximum absolute atomic E-state index is 9.77. The summed E-state index contributed by atoms with van der Waals surface area (Å²) in [6.45, 7) is 0. The van der Waals surface area contributed by atoms with Crippen LogP contribution in [-0.4, -0.2) is 20.2 Å². The molecule has 0 bridgehead atoms. The summed E-state index contributed by atoms with van der Waals surface area (Å²) >= 11 is 4.75. The third-order valence-electron chi connectivity index (χ3n) is 2.27. The predicted molar refractivity (Wildman–Crippen MR) is 70.2 cm³/mol. The molecule has 7 heteroatoms. The van der Waals surface area contributed by atoms with E-state index in [2.05, 4.69) is 31.1 Å². The summed E-state index contributed by atoms with van der Waals surface area (Å²) in [5.41, 5.74) is 2.19. The number of hydrogen-bond donors (Lipinski definition) is 1. The van der Waals surface area contributed by atoms with Gasteiger partial charge in [-0.25, -0.2) is 0 Å². The van der Waals surface area contributed by atoms with Crippen LogP contribution in [-0.2, 0) is 0 Å². The second-order valence-corrected chi connectivity index (χ2v) is 5.25.